The van der Waals surface area contributed by atoms with Crippen LogP contribution in [0.1, 0.15) is 16.8 Å². The highest BCUT2D eigenvalue weighted by Gasteiger charge is 2.27. The molecule has 10 heteroatoms. The predicted octanol–water partition coefficient (Wildman–Crippen LogP) is 7.45. The van der Waals surface area contributed by atoms with Gasteiger partial charge in [0, 0.05) is 75.9 Å². The first-order valence-electron chi connectivity index (χ1n) is 13.8. The first-order chi connectivity index (χ1) is 20.9. The minimum Gasteiger partial charge on any atom is -0.383 e. The molecule has 43 heavy (non-hydrogen) atoms. The minimum absolute atomic E-state index is 0.0294. The summed E-state index contributed by atoms with van der Waals surface area (Å²) < 4.78 is 1.83. The molecule has 0 atom stereocenters. The fourth-order valence-electron chi connectivity index (χ4n) is 5.07. The van der Waals surface area contributed by atoms with Crippen LogP contribution in [0.4, 0.5) is 5.69 Å². The second-order valence-electron chi connectivity index (χ2n) is 10.3. The first-order valence-corrected chi connectivity index (χ1v) is 14.9. The van der Waals surface area contributed by atoms with Crippen molar-refractivity contribution in [3.8, 4) is 0 Å². The lowest BCUT2D eigenvalue weighted by Gasteiger charge is -2.29. The number of likely N-dealkylation sites (tertiary alicyclic amines) is 1. The molecule has 1 aliphatic rings. The van der Waals surface area contributed by atoms with Crippen LogP contribution in [0.25, 0.3) is 23.1 Å². The van der Waals surface area contributed by atoms with Crippen LogP contribution in [-0.4, -0.2) is 50.3 Å². The molecule has 1 fully saturated rings. The van der Waals surface area contributed by atoms with Crippen LogP contribution in [-0.2, 0) is 17.9 Å². The smallest absolute Gasteiger partial charge is 0.187 e. The summed E-state index contributed by atoms with van der Waals surface area (Å²) in [4.78, 5) is 20.1. The molecule has 0 aliphatic carbocycles. The van der Waals surface area contributed by atoms with E-state index in [9.17, 15) is 4.79 Å². The molecule has 1 aliphatic heterocycles. The lowest BCUT2D eigenvalue weighted by molar-refractivity contribution is -0.113. The molecule has 2 aromatic heterocycles. The number of nitrogens with one attached hydrogen (secondary N) is 1. The third-order valence-corrected chi connectivity index (χ3v) is 7.86. The molecule has 0 spiro atoms. The number of benzene rings is 3. The molecule has 6 rings (SSSR count). The fraction of sp³-hybridized carbons (Fsp3) is 0.152. The highest BCUT2D eigenvalue weighted by atomic mass is 35.5. The van der Waals surface area contributed by atoms with Gasteiger partial charge in [-0.15, -0.1) is 5.10 Å². The Morgan fingerprint density at radius 3 is 2.09 bits per heavy atom. The van der Waals surface area contributed by atoms with E-state index in [0.717, 1.165) is 33.4 Å². The van der Waals surface area contributed by atoms with E-state index in [1.54, 1.807) is 6.20 Å². The molecule has 0 bridgehead atoms. The van der Waals surface area contributed by atoms with Gasteiger partial charge < -0.3 is 5.32 Å². The molecular formula is C33H27Cl3N6O. The van der Waals surface area contributed by atoms with Crippen molar-refractivity contribution in [2.45, 2.75) is 13.1 Å². The van der Waals surface area contributed by atoms with Crippen molar-refractivity contribution in [1.82, 2.24) is 24.9 Å². The van der Waals surface area contributed by atoms with Gasteiger partial charge in [-0.3, -0.25) is 19.4 Å². The second-order valence-corrected chi connectivity index (χ2v) is 11.6. The van der Waals surface area contributed by atoms with Crippen molar-refractivity contribution in [2.24, 2.45) is 0 Å². The van der Waals surface area contributed by atoms with Gasteiger partial charge in [0.2, 0.25) is 0 Å². The number of hydrogen-bond donors (Lipinski definition) is 1. The van der Waals surface area contributed by atoms with Gasteiger partial charge in [-0.25, -0.2) is 0 Å². The van der Waals surface area contributed by atoms with Crippen molar-refractivity contribution >= 4 is 69.3 Å². The van der Waals surface area contributed by atoms with Gasteiger partial charge in [0.1, 0.15) is 0 Å². The number of halogens is 3. The highest BCUT2D eigenvalue weighted by molar-refractivity contribution is 6.31. The predicted molar refractivity (Wildman–Crippen MR) is 174 cm³/mol. The Hall–Kier alpha value is -4.01. The van der Waals surface area contributed by atoms with Gasteiger partial charge in [0.25, 0.3) is 0 Å². The average Bonchev–Trinajstić information content (AvgIpc) is 3.44. The van der Waals surface area contributed by atoms with Crippen LogP contribution in [0.5, 0.6) is 0 Å². The van der Waals surface area contributed by atoms with Gasteiger partial charge >= 0.3 is 0 Å². The summed E-state index contributed by atoms with van der Waals surface area (Å²) in [5.41, 5.74) is 5.91. The Kier molecular flexibility index (Phi) is 8.86. The van der Waals surface area contributed by atoms with Crippen LogP contribution < -0.4 is 5.32 Å². The SMILES string of the molecule is O=C1/C(=C/c2ccc(Cl)cc2)CN(Cc2cn(CCNc3ccnc4cc(Cl)ccc34)nn2)C/C1=C\c1ccc(Cl)cc1. The number of anilines is 1. The van der Waals surface area contributed by atoms with Crippen molar-refractivity contribution in [2.75, 3.05) is 25.0 Å². The number of piperidine rings is 1. The molecule has 0 amide bonds. The van der Waals surface area contributed by atoms with Gasteiger partial charge in [0.05, 0.1) is 17.8 Å². The number of rotatable bonds is 8. The van der Waals surface area contributed by atoms with Crippen molar-refractivity contribution < 1.29 is 4.79 Å². The van der Waals surface area contributed by atoms with Crippen molar-refractivity contribution in [1.29, 1.82) is 0 Å². The number of ketones is 1. The molecule has 5 aromatic rings. The summed E-state index contributed by atoms with van der Waals surface area (Å²) in [6, 6.07) is 22.6. The molecule has 0 unspecified atom stereocenters. The maximum Gasteiger partial charge on any atom is 0.187 e. The van der Waals surface area contributed by atoms with Crippen LogP contribution in [0.2, 0.25) is 15.1 Å². The van der Waals surface area contributed by atoms with E-state index in [1.165, 1.54) is 0 Å². The summed E-state index contributed by atoms with van der Waals surface area (Å²) in [5.74, 6) is 0.0294. The van der Waals surface area contributed by atoms with E-state index in [-0.39, 0.29) is 5.78 Å². The zero-order valence-electron chi connectivity index (χ0n) is 23.1. The van der Waals surface area contributed by atoms with Gasteiger partial charge in [-0.2, -0.15) is 0 Å². The summed E-state index contributed by atoms with van der Waals surface area (Å²) in [7, 11) is 0. The van der Waals surface area contributed by atoms with Crippen LogP contribution in [0.3, 0.4) is 0 Å². The molecular weight excluding hydrogens is 603 g/mol. The zero-order valence-corrected chi connectivity index (χ0v) is 25.3. The Labute approximate surface area is 264 Å². The molecule has 1 saturated heterocycles. The van der Waals surface area contributed by atoms with Crippen LogP contribution in [0, 0.1) is 0 Å². The fourth-order valence-corrected chi connectivity index (χ4v) is 5.49. The number of carbonyl (C=O) groups is 1. The van der Waals surface area contributed by atoms with Crippen molar-refractivity contribution in [3.63, 3.8) is 0 Å². The van der Waals surface area contributed by atoms with Gasteiger partial charge in [-0.05, 0) is 71.8 Å². The van der Waals surface area contributed by atoms with Crippen LogP contribution >= 0.6 is 34.8 Å². The normalized spacial score (nSPS) is 15.9. The number of pyridine rings is 1. The highest BCUT2D eigenvalue weighted by Crippen LogP contribution is 2.26. The third kappa shape index (κ3) is 7.32. The third-order valence-electron chi connectivity index (χ3n) is 7.13. The van der Waals surface area contributed by atoms with Gasteiger partial charge in [-0.1, -0.05) is 64.3 Å². The van der Waals surface area contributed by atoms with E-state index in [1.807, 2.05) is 95.8 Å². The summed E-state index contributed by atoms with van der Waals surface area (Å²) in [6.07, 6.45) is 7.58. The summed E-state index contributed by atoms with van der Waals surface area (Å²) in [6.45, 7) is 2.82. The first kappa shape index (κ1) is 29.1. The standard InChI is InChI=1S/C33H27Cl3N6O/c34-26-5-1-22(2-6-26)15-24-18-41(19-25(33(24)43)16-23-3-7-27(35)8-4-23)20-29-21-42(40-39-29)14-13-38-31-11-12-37-32-17-28(36)9-10-30(31)32/h1-12,15-17,21H,13-14,18-20H2,(H,37,38)/b24-15+,25-16+. The quantitative estimate of drug-likeness (QED) is 0.180. The number of Topliss-reactive ketones (excluding diaryl/α,β-unsaturated/α-hetero) is 1. The molecule has 1 N–H and O–H groups in total. The lowest BCUT2D eigenvalue weighted by atomic mass is 9.94. The Morgan fingerprint density at radius 1 is 0.814 bits per heavy atom. The van der Waals surface area contributed by atoms with Crippen LogP contribution in [0.15, 0.2) is 96.3 Å². The number of nitrogens with zero attached hydrogens (tertiary/aromatic N) is 5. The zero-order chi connectivity index (χ0) is 29.8. The molecule has 3 heterocycles. The molecule has 0 saturated carbocycles. The summed E-state index contributed by atoms with van der Waals surface area (Å²) in [5, 5.41) is 15.2. The van der Waals surface area contributed by atoms with Crippen molar-refractivity contribution in [3.05, 3.63) is 128 Å². The lowest BCUT2D eigenvalue weighted by Crippen LogP contribution is -2.37. The second kappa shape index (κ2) is 13.1. The summed E-state index contributed by atoms with van der Waals surface area (Å²) >= 11 is 18.3. The Balaban J connectivity index is 1.16. The maximum atomic E-state index is 13.5. The number of hydrogen-bond acceptors (Lipinski definition) is 6. The Bertz CT molecular complexity index is 1760. The Morgan fingerprint density at radius 2 is 1.44 bits per heavy atom. The van der Waals surface area contributed by atoms with E-state index in [2.05, 4.69) is 25.5 Å². The minimum atomic E-state index is 0.0294. The monoisotopic (exact) mass is 628 g/mol. The van der Waals surface area contributed by atoms with Gasteiger partial charge in [0.15, 0.2) is 5.78 Å². The van der Waals surface area contributed by atoms with E-state index < -0.39 is 0 Å². The van der Waals surface area contributed by atoms with E-state index >= 15 is 0 Å². The largest absolute Gasteiger partial charge is 0.383 e. The maximum absolute atomic E-state index is 13.5. The van der Waals surface area contributed by atoms with E-state index in [0.29, 0.717) is 58.9 Å². The average molecular weight is 630 g/mol. The number of carbonyl (C=O) groups excluding carboxylic acids is 1. The number of aromatic nitrogens is 4. The number of fused-ring (bicyclic) bond motifs is 1. The topological polar surface area (TPSA) is 75.9 Å². The molecule has 7 nitrogen and oxygen atoms in total. The molecule has 216 valence electrons. The van der Waals surface area contributed by atoms with E-state index in [4.69, 9.17) is 34.8 Å². The molecule has 0 radical (unpaired) electrons. The molecule has 3 aromatic carbocycles.